The molecule has 0 aliphatic carbocycles. The number of imidazole rings is 1. The van der Waals surface area contributed by atoms with E-state index in [0.29, 0.717) is 31.6 Å². The second-order valence-corrected chi connectivity index (χ2v) is 7.10. The number of nitro groups is 1. The number of anilines is 2. The summed E-state index contributed by atoms with van der Waals surface area (Å²) in [6.07, 6.45) is 8.01. The van der Waals surface area contributed by atoms with Crippen molar-refractivity contribution >= 4 is 23.1 Å². The smallest absolute Gasteiger partial charge is 0.273 e. The van der Waals surface area contributed by atoms with Crippen molar-refractivity contribution in [3.8, 4) is 11.6 Å². The monoisotopic (exact) mass is 423 g/mol. The SMILES string of the molecule is COc1cc([N+](=O)[O-])ccc1NC(=O)C1CCN(c2cc(-n3ccnc3)ncn2)CC1. The summed E-state index contributed by atoms with van der Waals surface area (Å²) in [5, 5.41) is 13.8. The second kappa shape index (κ2) is 8.78. The fourth-order valence-electron chi connectivity index (χ4n) is 3.55. The molecule has 1 aliphatic heterocycles. The summed E-state index contributed by atoms with van der Waals surface area (Å²) in [5.74, 6) is 1.48. The molecule has 0 saturated carbocycles. The van der Waals surface area contributed by atoms with E-state index < -0.39 is 4.92 Å². The van der Waals surface area contributed by atoms with Crippen LogP contribution in [-0.2, 0) is 4.79 Å². The van der Waals surface area contributed by atoms with Crippen LogP contribution in [0.15, 0.2) is 49.3 Å². The molecule has 0 unspecified atom stereocenters. The van der Waals surface area contributed by atoms with Gasteiger partial charge in [-0.1, -0.05) is 0 Å². The highest BCUT2D eigenvalue weighted by Gasteiger charge is 2.27. The van der Waals surface area contributed by atoms with Crippen molar-refractivity contribution in [1.29, 1.82) is 0 Å². The summed E-state index contributed by atoms with van der Waals surface area (Å²) in [6, 6.07) is 6.02. The van der Waals surface area contributed by atoms with E-state index in [9.17, 15) is 14.9 Å². The zero-order valence-electron chi connectivity index (χ0n) is 16.8. The van der Waals surface area contributed by atoms with Crippen LogP contribution in [0.1, 0.15) is 12.8 Å². The summed E-state index contributed by atoms with van der Waals surface area (Å²) in [7, 11) is 1.41. The highest BCUT2D eigenvalue weighted by molar-refractivity contribution is 5.94. The van der Waals surface area contributed by atoms with Crippen molar-refractivity contribution in [2.75, 3.05) is 30.4 Å². The minimum atomic E-state index is -0.505. The van der Waals surface area contributed by atoms with Crippen molar-refractivity contribution in [1.82, 2.24) is 19.5 Å². The molecular formula is C20H21N7O4. The number of benzene rings is 1. The Morgan fingerprint density at radius 1 is 1.23 bits per heavy atom. The molecule has 0 radical (unpaired) electrons. The third-order valence-corrected chi connectivity index (χ3v) is 5.25. The normalized spacial score (nSPS) is 14.3. The van der Waals surface area contributed by atoms with Gasteiger partial charge in [-0.05, 0) is 18.9 Å². The summed E-state index contributed by atoms with van der Waals surface area (Å²) < 4.78 is 7.00. The average Bonchev–Trinajstić information content (AvgIpc) is 3.34. The quantitative estimate of drug-likeness (QED) is 0.473. The average molecular weight is 423 g/mol. The number of carbonyl (C=O) groups is 1. The maximum atomic E-state index is 12.8. The molecule has 160 valence electrons. The second-order valence-electron chi connectivity index (χ2n) is 7.10. The molecule has 11 nitrogen and oxygen atoms in total. The third kappa shape index (κ3) is 4.44. The van der Waals surface area contributed by atoms with Gasteiger partial charge in [-0.3, -0.25) is 19.5 Å². The van der Waals surface area contributed by atoms with Gasteiger partial charge in [-0.15, -0.1) is 0 Å². The van der Waals surface area contributed by atoms with Crippen LogP contribution in [0.25, 0.3) is 5.82 Å². The van der Waals surface area contributed by atoms with Crippen LogP contribution in [0.4, 0.5) is 17.2 Å². The molecule has 1 aromatic carbocycles. The zero-order chi connectivity index (χ0) is 21.8. The van der Waals surface area contributed by atoms with E-state index in [1.807, 2.05) is 16.8 Å². The third-order valence-electron chi connectivity index (χ3n) is 5.25. The van der Waals surface area contributed by atoms with Crippen molar-refractivity contribution < 1.29 is 14.5 Å². The molecule has 1 aliphatic rings. The van der Waals surface area contributed by atoms with Gasteiger partial charge in [0, 0.05) is 43.5 Å². The Kier molecular flexibility index (Phi) is 5.74. The first kappa shape index (κ1) is 20.3. The number of nitrogens with zero attached hydrogens (tertiary/aromatic N) is 6. The van der Waals surface area contributed by atoms with E-state index in [1.165, 1.54) is 31.6 Å². The summed E-state index contributed by atoms with van der Waals surface area (Å²) in [5.41, 5.74) is 0.323. The molecule has 2 aromatic heterocycles. The molecule has 1 fully saturated rings. The maximum Gasteiger partial charge on any atom is 0.273 e. The van der Waals surface area contributed by atoms with Crippen molar-refractivity contribution in [2.24, 2.45) is 5.92 Å². The molecule has 31 heavy (non-hydrogen) atoms. The number of rotatable bonds is 6. The Bertz CT molecular complexity index is 1080. The lowest BCUT2D eigenvalue weighted by Gasteiger charge is -2.32. The molecule has 3 aromatic rings. The summed E-state index contributed by atoms with van der Waals surface area (Å²) >= 11 is 0. The molecule has 1 amide bonds. The molecule has 1 saturated heterocycles. The number of hydrogen-bond donors (Lipinski definition) is 1. The van der Waals surface area contributed by atoms with Crippen molar-refractivity contribution in [3.05, 3.63) is 59.4 Å². The highest BCUT2D eigenvalue weighted by atomic mass is 16.6. The van der Waals surface area contributed by atoms with Gasteiger partial charge in [0.2, 0.25) is 5.91 Å². The van der Waals surface area contributed by atoms with Crippen LogP contribution in [0.5, 0.6) is 5.75 Å². The topological polar surface area (TPSA) is 128 Å². The van der Waals surface area contributed by atoms with Gasteiger partial charge in [0.05, 0.1) is 23.8 Å². The van der Waals surface area contributed by atoms with Crippen LogP contribution >= 0.6 is 0 Å². The van der Waals surface area contributed by atoms with E-state index >= 15 is 0 Å². The van der Waals surface area contributed by atoms with Gasteiger partial charge >= 0.3 is 0 Å². The molecule has 0 atom stereocenters. The lowest BCUT2D eigenvalue weighted by atomic mass is 9.95. The van der Waals surface area contributed by atoms with Gasteiger partial charge in [-0.25, -0.2) is 15.0 Å². The predicted molar refractivity (Wildman–Crippen MR) is 112 cm³/mol. The Morgan fingerprint density at radius 3 is 2.68 bits per heavy atom. The maximum absolute atomic E-state index is 12.8. The largest absolute Gasteiger partial charge is 0.494 e. The predicted octanol–water partition coefficient (Wildman–Crippen LogP) is 2.43. The number of nitro benzene ring substituents is 1. The van der Waals surface area contributed by atoms with Gasteiger partial charge < -0.3 is 15.0 Å². The van der Waals surface area contributed by atoms with Crippen molar-refractivity contribution in [2.45, 2.75) is 12.8 Å². The molecule has 11 heteroatoms. The van der Waals surface area contributed by atoms with Gasteiger partial charge in [0.25, 0.3) is 5.69 Å². The van der Waals surface area contributed by atoms with E-state index in [1.54, 1.807) is 12.5 Å². The number of amides is 1. The van der Waals surface area contributed by atoms with Gasteiger partial charge in [0.15, 0.2) is 0 Å². The Hall–Kier alpha value is -4.02. The van der Waals surface area contributed by atoms with E-state index in [0.717, 1.165) is 11.6 Å². The minimum Gasteiger partial charge on any atom is -0.494 e. The Balaban J connectivity index is 1.38. The zero-order valence-corrected chi connectivity index (χ0v) is 16.8. The van der Waals surface area contributed by atoms with E-state index in [-0.39, 0.29) is 23.3 Å². The first-order chi connectivity index (χ1) is 15.0. The number of hydrogen-bond acceptors (Lipinski definition) is 8. The number of carbonyl (C=O) groups excluding carboxylic acids is 1. The molecule has 4 rings (SSSR count). The number of aromatic nitrogens is 4. The van der Waals surface area contributed by atoms with Gasteiger partial charge in [0.1, 0.15) is 30.0 Å². The summed E-state index contributed by atoms with van der Waals surface area (Å²) in [4.78, 5) is 38.0. The number of methoxy groups -OCH3 is 1. The summed E-state index contributed by atoms with van der Waals surface area (Å²) in [6.45, 7) is 1.35. The molecular weight excluding hydrogens is 402 g/mol. The minimum absolute atomic E-state index is 0.0944. The molecule has 0 bridgehead atoms. The lowest BCUT2D eigenvalue weighted by molar-refractivity contribution is -0.384. The van der Waals surface area contributed by atoms with Gasteiger partial charge in [-0.2, -0.15) is 0 Å². The number of nitrogens with one attached hydrogen (secondary N) is 1. The standard InChI is InChI=1S/C20H21N7O4/c1-31-17-10-15(27(29)30)2-3-16(17)24-20(28)14-4-7-25(8-5-14)18-11-19(23-12-22-18)26-9-6-21-13-26/h2-3,6,9-14H,4-5,7-8H2,1H3,(H,24,28). The van der Waals surface area contributed by atoms with E-state index in [4.69, 9.17) is 4.74 Å². The van der Waals surface area contributed by atoms with Crippen LogP contribution in [0.2, 0.25) is 0 Å². The molecule has 0 spiro atoms. The van der Waals surface area contributed by atoms with Crippen molar-refractivity contribution in [3.63, 3.8) is 0 Å². The first-order valence-corrected chi connectivity index (χ1v) is 9.74. The number of ether oxygens (including phenoxy) is 1. The van der Waals surface area contributed by atoms with Crippen LogP contribution in [0.3, 0.4) is 0 Å². The number of non-ortho nitro benzene ring substituents is 1. The fraction of sp³-hybridized carbons (Fsp3) is 0.300. The van der Waals surface area contributed by atoms with Crippen LogP contribution in [0, 0.1) is 16.0 Å². The number of piperidine rings is 1. The fourth-order valence-corrected chi connectivity index (χ4v) is 3.55. The Morgan fingerprint density at radius 2 is 2.00 bits per heavy atom. The highest BCUT2D eigenvalue weighted by Crippen LogP contribution is 2.30. The lowest BCUT2D eigenvalue weighted by Crippen LogP contribution is -2.38. The Labute approximate surface area is 177 Å². The molecule has 3 heterocycles. The van der Waals surface area contributed by atoms with Crippen LogP contribution < -0.4 is 15.0 Å². The van der Waals surface area contributed by atoms with E-state index in [2.05, 4.69) is 25.2 Å². The van der Waals surface area contributed by atoms with Crippen LogP contribution in [-0.4, -0.2) is 50.5 Å². The molecule has 1 N–H and O–H groups in total. The first-order valence-electron chi connectivity index (χ1n) is 9.74.